The van der Waals surface area contributed by atoms with Gasteiger partial charge in [0, 0.05) is 49.0 Å². The van der Waals surface area contributed by atoms with Gasteiger partial charge >= 0.3 is 0 Å². The maximum absolute atomic E-state index is 4.74. The molecule has 1 aliphatic rings. The topological polar surface area (TPSA) is 76.5 Å². The first-order valence-corrected chi connectivity index (χ1v) is 8.16. The van der Waals surface area contributed by atoms with Gasteiger partial charge in [0.25, 0.3) is 0 Å². The molecule has 0 bridgehead atoms. The van der Waals surface area contributed by atoms with Crippen molar-refractivity contribution in [3.05, 3.63) is 60.6 Å². The summed E-state index contributed by atoms with van der Waals surface area (Å²) < 4.78 is 0. The van der Waals surface area contributed by atoms with Crippen molar-refractivity contribution >= 4 is 5.95 Å². The van der Waals surface area contributed by atoms with Crippen LogP contribution in [0.1, 0.15) is 30.0 Å². The first kappa shape index (κ1) is 14.7. The van der Waals surface area contributed by atoms with Crippen molar-refractivity contribution in [2.75, 3.05) is 11.9 Å². The normalized spacial score (nSPS) is 13.7. The van der Waals surface area contributed by atoms with E-state index in [1.165, 1.54) is 18.4 Å². The monoisotopic (exact) mass is 318 g/mol. The van der Waals surface area contributed by atoms with Crippen LogP contribution in [0.3, 0.4) is 0 Å². The van der Waals surface area contributed by atoms with Gasteiger partial charge in [-0.15, -0.1) is 0 Å². The van der Waals surface area contributed by atoms with Gasteiger partial charge in [0.05, 0.1) is 17.6 Å². The molecule has 0 amide bonds. The van der Waals surface area contributed by atoms with Crippen LogP contribution in [0, 0.1) is 0 Å². The van der Waals surface area contributed by atoms with Crippen LogP contribution in [0.2, 0.25) is 0 Å². The summed E-state index contributed by atoms with van der Waals surface area (Å²) in [7, 11) is 0. The summed E-state index contributed by atoms with van der Waals surface area (Å²) in [5, 5.41) is 3.32. The minimum atomic E-state index is 0.519. The lowest BCUT2D eigenvalue weighted by molar-refractivity contribution is 0.943. The van der Waals surface area contributed by atoms with E-state index < -0.39 is 0 Å². The van der Waals surface area contributed by atoms with Crippen molar-refractivity contribution in [3.63, 3.8) is 0 Å². The maximum Gasteiger partial charge on any atom is 0.222 e. The van der Waals surface area contributed by atoms with Crippen molar-refractivity contribution in [1.82, 2.24) is 24.9 Å². The molecule has 0 radical (unpaired) electrons. The fourth-order valence-corrected chi connectivity index (χ4v) is 2.65. The standard InChI is InChI=1S/C18H18N6/c1-2-14(1)17-15(16-12-20-9-10-21-16)11-23-18(24-17)22-8-5-13-3-6-19-7-4-13/h3-4,6-7,9-12,14H,1-2,5,8H2,(H,22,23,24). The maximum atomic E-state index is 4.74. The van der Waals surface area contributed by atoms with Crippen molar-refractivity contribution in [3.8, 4) is 11.3 Å². The molecule has 1 fully saturated rings. The van der Waals surface area contributed by atoms with Crippen LogP contribution < -0.4 is 5.32 Å². The van der Waals surface area contributed by atoms with Gasteiger partial charge in [-0.3, -0.25) is 15.0 Å². The average Bonchev–Trinajstić information content (AvgIpc) is 3.48. The van der Waals surface area contributed by atoms with E-state index in [-0.39, 0.29) is 0 Å². The van der Waals surface area contributed by atoms with Gasteiger partial charge in [0.1, 0.15) is 0 Å². The molecule has 120 valence electrons. The lowest BCUT2D eigenvalue weighted by atomic mass is 10.1. The Bertz CT molecular complexity index is 802. The first-order valence-electron chi connectivity index (χ1n) is 8.16. The number of hydrogen-bond acceptors (Lipinski definition) is 6. The Morgan fingerprint density at radius 3 is 2.58 bits per heavy atom. The first-order chi connectivity index (χ1) is 11.9. The predicted octanol–water partition coefficient (Wildman–Crippen LogP) is 2.86. The minimum Gasteiger partial charge on any atom is -0.354 e. The number of nitrogens with one attached hydrogen (secondary N) is 1. The zero-order valence-electron chi connectivity index (χ0n) is 13.3. The highest BCUT2D eigenvalue weighted by atomic mass is 15.1. The lowest BCUT2D eigenvalue weighted by Crippen LogP contribution is -2.09. The van der Waals surface area contributed by atoms with Gasteiger partial charge in [-0.2, -0.15) is 0 Å². The summed E-state index contributed by atoms with van der Waals surface area (Å²) in [4.78, 5) is 21.8. The van der Waals surface area contributed by atoms with Crippen LogP contribution in [0.5, 0.6) is 0 Å². The molecule has 1 aliphatic carbocycles. The number of hydrogen-bond donors (Lipinski definition) is 1. The molecular weight excluding hydrogens is 300 g/mol. The molecule has 0 atom stereocenters. The van der Waals surface area contributed by atoms with E-state index in [2.05, 4.69) is 25.3 Å². The van der Waals surface area contributed by atoms with Gasteiger partial charge < -0.3 is 5.32 Å². The molecule has 0 saturated heterocycles. The van der Waals surface area contributed by atoms with Gasteiger partial charge in [0.2, 0.25) is 5.95 Å². The minimum absolute atomic E-state index is 0.519. The summed E-state index contributed by atoms with van der Waals surface area (Å²) in [5.74, 6) is 1.20. The smallest absolute Gasteiger partial charge is 0.222 e. The number of pyridine rings is 1. The zero-order chi connectivity index (χ0) is 16.2. The third-order valence-electron chi connectivity index (χ3n) is 4.07. The van der Waals surface area contributed by atoms with Gasteiger partial charge in [-0.05, 0) is 37.0 Å². The summed E-state index contributed by atoms with van der Waals surface area (Å²) in [6.07, 6.45) is 13.9. The molecule has 24 heavy (non-hydrogen) atoms. The third kappa shape index (κ3) is 3.37. The molecule has 6 nitrogen and oxygen atoms in total. The molecule has 1 N–H and O–H groups in total. The molecule has 0 spiro atoms. The molecule has 6 heteroatoms. The van der Waals surface area contributed by atoms with E-state index in [0.717, 1.165) is 29.9 Å². The number of anilines is 1. The molecule has 0 unspecified atom stereocenters. The highest BCUT2D eigenvalue weighted by molar-refractivity contribution is 5.62. The Hall–Kier alpha value is -2.89. The summed E-state index contributed by atoms with van der Waals surface area (Å²) in [6.45, 7) is 0.790. The van der Waals surface area contributed by atoms with E-state index in [0.29, 0.717) is 11.9 Å². The molecular formula is C18H18N6. The molecule has 1 saturated carbocycles. The fourth-order valence-electron chi connectivity index (χ4n) is 2.65. The summed E-state index contributed by atoms with van der Waals surface area (Å²) >= 11 is 0. The highest BCUT2D eigenvalue weighted by Gasteiger charge is 2.29. The zero-order valence-corrected chi connectivity index (χ0v) is 13.3. The van der Waals surface area contributed by atoms with E-state index >= 15 is 0 Å². The Morgan fingerprint density at radius 1 is 0.958 bits per heavy atom. The van der Waals surface area contributed by atoms with Crippen LogP contribution >= 0.6 is 0 Å². The second-order valence-electron chi connectivity index (χ2n) is 5.89. The summed E-state index contributed by atoms with van der Waals surface area (Å²) in [6, 6.07) is 4.05. The van der Waals surface area contributed by atoms with Crippen LogP contribution in [-0.4, -0.2) is 31.5 Å². The third-order valence-corrected chi connectivity index (χ3v) is 4.07. The van der Waals surface area contributed by atoms with E-state index in [4.69, 9.17) is 4.98 Å². The van der Waals surface area contributed by atoms with Gasteiger partial charge in [-0.25, -0.2) is 9.97 Å². The largest absolute Gasteiger partial charge is 0.354 e. The Kier molecular flexibility index (Phi) is 4.10. The SMILES string of the molecule is c1cc(CCNc2ncc(-c3cnccn3)c(C3CC3)n2)ccn1. The average molecular weight is 318 g/mol. The molecule has 3 aromatic rings. The summed E-state index contributed by atoms with van der Waals surface area (Å²) in [5.41, 5.74) is 4.15. The Labute approximate surface area is 140 Å². The second kappa shape index (κ2) is 6.70. The van der Waals surface area contributed by atoms with Crippen molar-refractivity contribution in [2.24, 2.45) is 0 Å². The van der Waals surface area contributed by atoms with Crippen LogP contribution in [0.15, 0.2) is 49.3 Å². The van der Waals surface area contributed by atoms with E-state index in [1.807, 2.05) is 30.7 Å². The number of nitrogens with zero attached hydrogens (tertiary/aromatic N) is 5. The predicted molar refractivity (Wildman–Crippen MR) is 91.5 cm³/mol. The van der Waals surface area contributed by atoms with Crippen LogP contribution in [-0.2, 0) is 6.42 Å². The van der Waals surface area contributed by atoms with E-state index in [9.17, 15) is 0 Å². The lowest BCUT2D eigenvalue weighted by Gasteiger charge is -2.10. The quantitative estimate of drug-likeness (QED) is 0.753. The van der Waals surface area contributed by atoms with Crippen molar-refractivity contribution < 1.29 is 0 Å². The number of rotatable bonds is 6. The van der Waals surface area contributed by atoms with Gasteiger partial charge in [0.15, 0.2) is 0 Å². The van der Waals surface area contributed by atoms with E-state index in [1.54, 1.807) is 18.6 Å². The van der Waals surface area contributed by atoms with Crippen molar-refractivity contribution in [2.45, 2.75) is 25.2 Å². The molecule has 0 aromatic carbocycles. The van der Waals surface area contributed by atoms with Crippen LogP contribution in [0.25, 0.3) is 11.3 Å². The number of aromatic nitrogens is 5. The fraction of sp³-hybridized carbons (Fsp3) is 0.278. The molecule has 4 rings (SSSR count). The van der Waals surface area contributed by atoms with Crippen LogP contribution in [0.4, 0.5) is 5.95 Å². The van der Waals surface area contributed by atoms with Gasteiger partial charge in [-0.1, -0.05) is 0 Å². The van der Waals surface area contributed by atoms with Crippen molar-refractivity contribution in [1.29, 1.82) is 0 Å². The second-order valence-corrected chi connectivity index (χ2v) is 5.89. The highest BCUT2D eigenvalue weighted by Crippen LogP contribution is 2.42. The molecule has 3 heterocycles. The molecule has 0 aliphatic heterocycles. The Balaban J connectivity index is 1.50. The Morgan fingerprint density at radius 2 is 1.83 bits per heavy atom. The molecule has 3 aromatic heterocycles.